The normalized spacial score (nSPS) is 19.4. The van der Waals surface area contributed by atoms with E-state index in [-0.39, 0.29) is 18.0 Å². The fourth-order valence-corrected chi connectivity index (χ4v) is 1.78. The molecule has 2 unspecified atom stereocenters. The lowest BCUT2D eigenvalue weighted by Crippen LogP contribution is -2.47. The molecule has 0 aliphatic heterocycles. The highest BCUT2D eigenvalue weighted by Crippen LogP contribution is 2.22. The summed E-state index contributed by atoms with van der Waals surface area (Å²) < 4.78 is 1.79. The fraction of sp³-hybridized carbons (Fsp3) is 0.636. The first-order valence-electron chi connectivity index (χ1n) is 5.65. The van der Waals surface area contributed by atoms with E-state index >= 15 is 0 Å². The van der Waals surface area contributed by atoms with Crippen molar-refractivity contribution >= 4 is 5.91 Å². The summed E-state index contributed by atoms with van der Waals surface area (Å²) in [6.07, 6.45) is 4.15. The first-order valence-corrected chi connectivity index (χ1v) is 5.65. The van der Waals surface area contributed by atoms with Crippen molar-refractivity contribution in [1.82, 2.24) is 15.1 Å². The number of carbonyl (C=O) groups excluding carboxylic acids is 1. The smallest absolute Gasteiger partial charge is 0.236 e. The largest absolute Gasteiger partial charge is 0.368 e. The minimum atomic E-state index is -0.341. The third-order valence-corrected chi connectivity index (χ3v) is 2.94. The average molecular weight is 222 g/mol. The van der Waals surface area contributed by atoms with Crippen molar-refractivity contribution in [2.24, 2.45) is 5.73 Å². The highest BCUT2D eigenvalue weighted by Gasteiger charge is 2.31. The van der Waals surface area contributed by atoms with E-state index in [0.29, 0.717) is 6.04 Å². The van der Waals surface area contributed by atoms with Crippen LogP contribution in [0.25, 0.3) is 0 Å². The molecule has 1 heterocycles. The van der Waals surface area contributed by atoms with Crippen molar-refractivity contribution in [3.63, 3.8) is 0 Å². The first kappa shape index (κ1) is 11.1. The Kier molecular flexibility index (Phi) is 2.96. The van der Waals surface area contributed by atoms with Gasteiger partial charge in [-0.25, -0.2) is 0 Å². The summed E-state index contributed by atoms with van der Waals surface area (Å²) in [6.45, 7) is 3.88. The van der Waals surface area contributed by atoms with E-state index in [1.165, 1.54) is 0 Å². The van der Waals surface area contributed by atoms with Gasteiger partial charge >= 0.3 is 0 Å². The molecular formula is C11H18N4O. The van der Waals surface area contributed by atoms with Gasteiger partial charge in [-0.1, -0.05) is 0 Å². The van der Waals surface area contributed by atoms with Gasteiger partial charge in [0, 0.05) is 12.2 Å². The topological polar surface area (TPSA) is 72.9 Å². The van der Waals surface area contributed by atoms with E-state index in [9.17, 15) is 4.79 Å². The maximum Gasteiger partial charge on any atom is 0.236 e. The number of nitrogens with zero attached hydrogens (tertiary/aromatic N) is 2. The van der Waals surface area contributed by atoms with Crippen LogP contribution in [0.3, 0.4) is 0 Å². The third kappa shape index (κ3) is 2.41. The van der Waals surface area contributed by atoms with Gasteiger partial charge in [-0.3, -0.25) is 9.48 Å². The minimum absolute atomic E-state index is 0.0493. The number of hydrogen-bond donors (Lipinski definition) is 2. The predicted molar refractivity (Wildman–Crippen MR) is 60.8 cm³/mol. The Balaban J connectivity index is 2.09. The molecule has 88 valence electrons. The van der Waals surface area contributed by atoms with Crippen LogP contribution in [-0.2, 0) is 4.79 Å². The molecule has 5 nitrogen and oxygen atoms in total. The molecule has 1 aromatic rings. The van der Waals surface area contributed by atoms with Gasteiger partial charge in [-0.15, -0.1) is 0 Å². The standard InChI is InChI=1S/C11H18N4O/c1-7-5-6-15(14-7)8(2)10(11(12)16)13-9-3-4-9/h5-6,8-10,13H,3-4H2,1-2H3,(H2,12,16). The lowest BCUT2D eigenvalue weighted by Gasteiger charge is -2.22. The number of rotatable bonds is 5. The molecule has 16 heavy (non-hydrogen) atoms. The summed E-state index contributed by atoms with van der Waals surface area (Å²) in [5.41, 5.74) is 6.36. The average Bonchev–Trinajstić information content (AvgIpc) is 2.95. The molecule has 2 rings (SSSR count). The van der Waals surface area contributed by atoms with Gasteiger partial charge < -0.3 is 11.1 Å². The molecule has 0 bridgehead atoms. The summed E-state index contributed by atoms with van der Waals surface area (Å²) in [5, 5.41) is 7.57. The molecule has 0 spiro atoms. The van der Waals surface area contributed by atoms with Gasteiger partial charge in [0.25, 0.3) is 0 Å². The molecule has 2 atom stereocenters. The zero-order chi connectivity index (χ0) is 11.7. The van der Waals surface area contributed by atoms with Crippen LogP contribution in [0, 0.1) is 6.92 Å². The number of amides is 1. The van der Waals surface area contributed by atoms with E-state index in [1.807, 2.05) is 26.1 Å². The molecule has 0 radical (unpaired) electrons. The number of hydrogen-bond acceptors (Lipinski definition) is 3. The highest BCUT2D eigenvalue weighted by atomic mass is 16.1. The van der Waals surface area contributed by atoms with E-state index in [0.717, 1.165) is 18.5 Å². The Bertz CT molecular complexity index is 383. The van der Waals surface area contributed by atoms with Crippen LogP contribution in [0.1, 0.15) is 31.5 Å². The zero-order valence-corrected chi connectivity index (χ0v) is 9.68. The van der Waals surface area contributed by atoms with Crippen molar-refractivity contribution in [3.05, 3.63) is 18.0 Å². The van der Waals surface area contributed by atoms with E-state index < -0.39 is 0 Å². The first-order chi connectivity index (χ1) is 7.58. The monoisotopic (exact) mass is 222 g/mol. The van der Waals surface area contributed by atoms with Crippen LogP contribution in [0.4, 0.5) is 0 Å². The Hall–Kier alpha value is -1.36. The third-order valence-electron chi connectivity index (χ3n) is 2.94. The summed E-state index contributed by atoms with van der Waals surface area (Å²) in [6, 6.07) is 1.99. The molecule has 1 saturated carbocycles. The molecule has 5 heteroatoms. The van der Waals surface area contributed by atoms with Gasteiger partial charge in [0.15, 0.2) is 0 Å². The number of aromatic nitrogens is 2. The van der Waals surface area contributed by atoms with Gasteiger partial charge in [-0.2, -0.15) is 5.10 Å². The van der Waals surface area contributed by atoms with Gasteiger partial charge in [0.05, 0.1) is 11.7 Å². The molecule has 1 aliphatic rings. The molecule has 3 N–H and O–H groups in total. The van der Waals surface area contributed by atoms with Crippen molar-refractivity contribution in [2.75, 3.05) is 0 Å². The molecule has 1 aliphatic carbocycles. The lowest BCUT2D eigenvalue weighted by atomic mass is 10.1. The second-order valence-corrected chi connectivity index (χ2v) is 4.50. The molecular weight excluding hydrogens is 204 g/mol. The van der Waals surface area contributed by atoms with Crippen molar-refractivity contribution < 1.29 is 4.79 Å². The van der Waals surface area contributed by atoms with Crippen LogP contribution in [-0.4, -0.2) is 27.8 Å². The van der Waals surface area contributed by atoms with Gasteiger partial charge in [-0.05, 0) is 32.8 Å². The maximum atomic E-state index is 11.4. The summed E-state index contributed by atoms with van der Waals surface area (Å²) >= 11 is 0. The Morgan fingerprint density at radius 3 is 2.81 bits per heavy atom. The second-order valence-electron chi connectivity index (χ2n) is 4.50. The molecule has 1 amide bonds. The Morgan fingerprint density at radius 2 is 2.38 bits per heavy atom. The molecule has 0 saturated heterocycles. The molecule has 1 aromatic heterocycles. The van der Waals surface area contributed by atoms with Crippen LogP contribution in [0.15, 0.2) is 12.3 Å². The number of nitrogens with one attached hydrogen (secondary N) is 1. The molecule has 0 aromatic carbocycles. The van der Waals surface area contributed by atoms with Crippen LogP contribution in [0.2, 0.25) is 0 Å². The second kappa shape index (κ2) is 4.25. The van der Waals surface area contributed by atoms with Crippen LogP contribution >= 0.6 is 0 Å². The van der Waals surface area contributed by atoms with Gasteiger partial charge in [0.2, 0.25) is 5.91 Å². The summed E-state index contributed by atoms with van der Waals surface area (Å²) in [4.78, 5) is 11.4. The lowest BCUT2D eigenvalue weighted by molar-refractivity contribution is -0.121. The number of nitrogens with two attached hydrogens (primary N) is 1. The summed E-state index contributed by atoms with van der Waals surface area (Å²) in [5.74, 6) is -0.312. The molecule has 1 fully saturated rings. The Morgan fingerprint density at radius 1 is 1.69 bits per heavy atom. The minimum Gasteiger partial charge on any atom is -0.368 e. The highest BCUT2D eigenvalue weighted by molar-refractivity contribution is 5.80. The van der Waals surface area contributed by atoms with Crippen molar-refractivity contribution in [2.45, 2.75) is 44.8 Å². The number of primary amides is 1. The van der Waals surface area contributed by atoms with Crippen LogP contribution < -0.4 is 11.1 Å². The van der Waals surface area contributed by atoms with E-state index in [1.54, 1.807) is 4.68 Å². The maximum absolute atomic E-state index is 11.4. The fourth-order valence-electron chi connectivity index (χ4n) is 1.78. The number of carbonyl (C=O) groups is 1. The quantitative estimate of drug-likeness (QED) is 0.755. The van der Waals surface area contributed by atoms with Gasteiger partial charge in [0.1, 0.15) is 6.04 Å². The number of aryl methyl sites for hydroxylation is 1. The predicted octanol–water partition coefficient (Wildman–Crippen LogP) is 0.358. The zero-order valence-electron chi connectivity index (χ0n) is 9.68. The van der Waals surface area contributed by atoms with E-state index in [2.05, 4.69) is 10.4 Å². The van der Waals surface area contributed by atoms with Crippen molar-refractivity contribution in [1.29, 1.82) is 0 Å². The van der Waals surface area contributed by atoms with Crippen molar-refractivity contribution in [3.8, 4) is 0 Å². The van der Waals surface area contributed by atoms with E-state index in [4.69, 9.17) is 5.73 Å². The summed E-state index contributed by atoms with van der Waals surface area (Å²) in [7, 11) is 0. The SMILES string of the molecule is Cc1ccn(C(C)C(NC2CC2)C(N)=O)n1. The van der Waals surface area contributed by atoms with Crippen LogP contribution in [0.5, 0.6) is 0 Å². The Labute approximate surface area is 95.0 Å².